The summed E-state index contributed by atoms with van der Waals surface area (Å²) in [6.07, 6.45) is 0. The van der Waals surface area contributed by atoms with Crippen LogP contribution in [0.2, 0.25) is 0 Å². The molecule has 7 aromatic carbocycles. The van der Waals surface area contributed by atoms with Crippen molar-refractivity contribution in [1.29, 1.82) is 0 Å². The van der Waals surface area contributed by atoms with E-state index in [2.05, 4.69) is 222 Å². The SMILES string of the molecule is CC(C)(C)c1ccc2c(c1)c1cc(C(C)(C)C)ccc1n2-c1ccc2c(c1)[Si](c1ccccc1)(c1ccccc1)c1c(-c3ccccc3)nc(-c3ccccc3)nc1-2. The van der Waals surface area contributed by atoms with Crippen LogP contribution in [-0.2, 0) is 10.8 Å². The Labute approximate surface area is 342 Å². The first-order valence-corrected chi connectivity index (χ1v) is 22.4. The van der Waals surface area contributed by atoms with Gasteiger partial charge in [0.05, 0.1) is 22.4 Å². The van der Waals surface area contributed by atoms with E-state index in [4.69, 9.17) is 9.97 Å². The lowest BCUT2D eigenvalue weighted by molar-refractivity contribution is 0.590. The highest BCUT2D eigenvalue weighted by Crippen LogP contribution is 2.39. The Balaban J connectivity index is 1.34. The molecular formula is C54H47N3Si. The fraction of sp³-hybridized carbons (Fsp3) is 0.148. The third kappa shape index (κ3) is 5.61. The Morgan fingerprint density at radius 2 is 0.914 bits per heavy atom. The van der Waals surface area contributed by atoms with Crippen LogP contribution in [-0.4, -0.2) is 22.6 Å². The molecule has 0 atom stereocenters. The molecule has 2 aromatic heterocycles. The highest BCUT2D eigenvalue weighted by molar-refractivity contribution is 7.22. The predicted molar refractivity (Wildman–Crippen MR) is 247 cm³/mol. The van der Waals surface area contributed by atoms with Gasteiger partial charge in [-0.25, -0.2) is 9.97 Å². The molecule has 1 aliphatic rings. The summed E-state index contributed by atoms with van der Waals surface area (Å²) in [6.45, 7) is 13.8. The molecule has 10 rings (SSSR count). The van der Waals surface area contributed by atoms with Gasteiger partial charge in [-0.15, -0.1) is 0 Å². The molecule has 0 saturated carbocycles. The first-order chi connectivity index (χ1) is 28.0. The number of nitrogens with zero attached hydrogens (tertiary/aromatic N) is 3. The average Bonchev–Trinajstić information content (AvgIpc) is 3.73. The minimum Gasteiger partial charge on any atom is -0.309 e. The lowest BCUT2D eigenvalue weighted by atomic mass is 9.85. The first-order valence-electron chi connectivity index (χ1n) is 20.4. The lowest BCUT2D eigenvalue weighted by Gasteiger charge is -2.32. The van der Waals surface area contributed by atoms with E-state index in [1.54, 1.807) is 0 Å². The molecular weight excluding hydrogens is 719 g/mol. The standard InChI is InChI=1S/C54H47N3Si/c1-53(2,3)38-27-31-46-44(33-38)45-34-39(54(4,5)6)28-32-47(45)57(46)40-29-30-43-48(35-40)58(41-23-15-9-16-24-41,42-25-17-10-18-26-42)51-49(36-19-11-7-12-20-36)55-52(56-50(43)51)37-21-13-8-14-22-37/h7-35H,1-6H3. The van der Waals surface area contributed by atoms with Gasteiger partial charge in [-0.1, -0.05) is 181 Å². The highest BCUT2D eigenvalue weighted by Gasteiger charge is 2.52. The normalized spacial score (nSPS) is 13.5. The molecule has 0 bridgehead atoms. The molecule has 0 aliphatic carbocycles. The zero-order valence-electron chi connectivity index (χ0n) is 34.1. The van der Waals surface area contributed by atoms with E-state index in [9.17, 15) is 0 Å². The first kappa shape index (κ1) is 36.0. The van der Waals surface area contributed by atoms with Gasteiger partial charge in [-0.05, 0) is 73.9 Å². The minimum atomic E-state index is -3.06. The second-order valence-electron chi connectivity index (χ2n) is 17.9. The molecule has 1 aliphatic heterocycles. The largest absolute Gasteiger partial charge is 0.309 e. The van der Waals surface area contributed by atoms with Gasteiger partial charge in [0, 0.05) is 38.3 Å². The summed E-state index contributed by atoms with van der Waals surface area (Å²) in [4.78, 5) is 11.1. The van der Waals surface area contributed by atoms with Gasteiger partial charge in [0.25, 0.3) is 0 Å². The van der Waals surface area contributed by atoms with Gasteiger partial charge in [0.2, 0.25) is 0 Å². The van der Waals surface area contributed by atoms with Crippen molar-refractivity contribution in [3.05, 3.63) is 187 Å². The van der Waals surface area contributed by atoms with Crippen molar-refractivity contribution in [1.82, 2.24) is 14.5 Å². The fourth-order valence-corrected chi connectivity index (χ4v) is 14.5. The van der Waals surface area contributed by atoms with Crippen molar-refractivity contribution >= 4 is 50.6 Å². The molecule has 0 N–H and O–H groups in total. The van der Waals surface area contributed by atoms with Crippen LogP contribution in [0.5, 0.6) is 0 Å². The summed E-state index contributed by atoms with van der Waals surface area (Å²) in [7, 11) is -3.06. The third-order valence-electron chi connectivity index (χ3n) is 12.2. The molecule has 0 saturated heterocycles. The van der Waals surface area contributed by atoms with E-state index in [-0.39, 0.29) is 10.8 Å². The maximum atomic E-state index is 5.57. The summed E-state index contributed by atoms with van der Waals surface area (Å²) in [5.74, 6) is 0.742. The maximum Gasteiger partial charge on any atom is 0.185 e. The maximum absolute atomic E-state index is 5.57. The molecule has 0 unspecified atom stereocenters. The quantitative estimate of drug-likeness (QED) is 0.163. The van der Waals surface area contributed by atoms with Crippen LogP contribution in [0.25, 0.3) is 61.4 Å². The zero-order valence-corrected chi connectivity index (χ0v) is 35.1. The monoisotopic (exact) mass is 765 g/mol. The van der Waals surface area contributed by atoms with E-state index in [1.807, 2.05) is 0 Å². The number of aromatic nitrogens is 3. The van der Waals surface area contributed by atoms with Crippen molar-refractivity contribution in [3.8, 4) is 39.6 Å². The molecule has 0 amide bonds. The van der Waals surface area contributed by atoms with Crippen molar-refractivity contribution in [3.63, 3.8) is 0 Å². The summed E-state index contributed by atoms with van der Waals surface area (Å²) in [6, 6.07) is 65.0. The predicted octanol–water partition coefficient (Wildman–Crippen LogP) is 10.9. The van der Waals surface area contributed by atoms with E-state index in [0.29, 0.717) is 0 Å². The van der Waals surface area contributed by atoms with Crippen LogP contribution in [0.4, 0.5) is 0 Å². The molecule has 0 spiro atoms. The highest BCUT2D eigenvalue weighted by atomic mass is 28.3. The summed E-state index contributed by atoms with van der Waals surface area (Å²) < 4.78 is 2.50. The van der Waals surface area contributed by atoms with Gasteiger partial charge in [0.15, 0.2) is 13.9 Å². The summed E-state index contributed by atoms with van der Waals surface area (Å²) >= 11 is 0. The molecule has 3 nitrogen and oxygen atoms in total. The number of rotatable bonds is 5. The lowest BCUT2D eigenvalue weighted by Crippen LogP contribution is -2.73. The van der Waals surface area contributed by atoms with Gasteiger partial charge >= 0.3 is 0 Å². The molecule has 3 heterocycles. The molecule has 9 aromatic rings. The third-order valence-corrected chi connectivity index (χ3v) is 17.0. The van der Waals surface area contributed by atoms with Gasteiger partial charge in [-0.3, -0.25) is 0 Å². The van der Waals surface area contributed by atoms with E-state index < -0.39 is 8.07 Å². The van der Waals surface area contributed by atoms with Crippen LogP contribution in [0, 0.1) is 0 Å². The van der Waals surface area contributed by atoms with Crippen molar-refractivity contribution in [2.45, 2.75) is 52.4 Å². The second kappa shape index (κ2) is 13.4. The molecule has 0 radical (unpaired) electrons. The average molecular weight is 766 g/mol. The Bertz CT molecular complexity index is 2880. The van der Waals surface area contributed by atoms with Crippen LogP contribution < -0.4 is 20.7 Å². The Kier molecular flexibility index (Phi) is 8.29. The summed E-state index contributed by atoms with van der Waals surface area (Å²) in [5, 5.41) is 7.79. The van der Waals surface area contributed by atoms with E-state index in [0.717, 1.165) is 34.0 Å². The number of hydrogen-bond acceptors (Lipinski definition) is 2. The van der Waals surface area contributed by atoms with Crippen LogP contribution in [0.15, 0.2) is 176 Å². The van der Waals surface area contributed by atoms with Gasteiger partial charge < -0.3 is 4.57 Å². The van der Waals surface area contributed by atoms with Gasteiger partial charge in [0.1, 0.15) is 0 Å². The Hall–Kier alpha value is -6.36. The fourth-order valence-electron chi connectivity index (χ4n) is 9.23. The van der Waals surface area contributed by atoms with Crippen LogP contribution in [0.1, 0.15) is 52.7 Å². The second-order valence-corrected chi connectivity index (χ2v) is 21.6. The molecule has 0 fully saturated rings. The minimum absolute atomic E-state index is 0.0241. The smallest absolute Gasteiger partial charge is 0.185 e. The molecule has 4 heteroatoms. The Morgan fingerprint density at radius 1 is 0.448 bits per heavy atom. The van der Waals surface area contributed by atoms with Crippen molar-refractivity contribution in [2.75, 3.05) is 0 Å². The van der Waals surface area contributed by atoms with E-state index >= 15 is 0 Å². The van der Waals surface area contributed by atoms with Gasteiger partial charge in [-0.2, -0.15) is 0 Å². The zero-order chi connectivity index (χ0) is 39.8. The number of benzene rings is 7. The summed E-state index contributed by atoms with van der Waals surface area (Å²) in [5.41, 5.74) is 11.6. The van der Waals surface area contributed by atoms with Crippen molar-refractivity contribution < 1.29 is 0 Å². The van der Waals surface area contributed by atoms with Crippen molar-refractivity contribution in [2.24, 2.45) is 0 Å². The van der Waals surface area contributed by atoms with E-state index in [1.165, 1.54) is 59.2 Å². The van der Waals surface area contributed by atoms with Crippen LogP contribution in [0.3, 0.4) is 0 Å². The van der Waals surface area contributed by atoms with Crippen LogP contribution >= 0.6 is 0 Å². The topological polar surface area (TPSA) is 30.7 Å². The molecule has 282 valence electrons. The number of fused-ring (bicyclic) bond motifs is 6. The number of hydrogen-bond donors (Lipinski definition) is 0. The Morgan fingerprint density at radius 3 is 1.41 bits per heavy atom. The molecule has 58 heavy (non-hydrogen) atoms.